The maximum Gasteiger partial charge on any atom is 0.265 e. The lowest BCUT2D eigenvalue weighted by molar-refractivity contribution is -0.114. The quantitative estimate of drug-likeness (QED) is 0.257. The predicted molar refractivity (Wildman–Crippen MR) is 154 cm³/mol. The minimum absolute atomic E-state index is 0.0766. The van der Waals surface area contributed by atoms with Crippen LogP contribution in [0.1, 0.15) is 27.0 Å². The standard InChI is InChI=1S/C31H25ClN2O3S/c1-37-27-11-4-2-8-24(27)19-33-30(35)23-15-13-21(14-16-23)18-29-31(36)34(20-22-7-6-9-25(32)17-22)26-10-3-5-12-28(26)38-29/h2-18H,19-20H2,1H3,(H,33,35)/b29-18+. The molecule has 0 unspecified atom stereocenters. The molecule has 0 atom stereocenters. The Morgan fingerprint density at radius 2 is 1.74 bits per heavy atom. The number of hydrogen-bond acceptors (Lipinski definition) is 4. The Balaban J connectivity index is 1.33. The minimum atomic E-state index is -0.181. The van der Waals surface area contributed by atoms with Crippen LogP contribution in [0.15, 0.2) is 107 Å². The van der Waals surface area contributed by atoms with E-state index in [4.69, 9.17) is 16.3 Å². The molecule has 0 bridgehead atoms. The molecule has 1 N–H and O–H groups in total. The van der Waals surface area contributed by atoms with Crippen molar-refractivity contribution in [1.82, 2.24) is 5.32 Å². The second-order valence-electron chi connectivity index (χ2n) is 8.72. The molecule has 0 aromatic heterocycles. The molecule has 0 saturated heterocycles. The molecule has 4 aromatic rings. The van der Waals surface area contributed by atoms with E-state index in [1.807, 2.05) is 91.0 Å². The van der Waals surface area contributed by atoms with Crippen molar-refractivity contribution in [1.29, 1.82) is 0 Å². The summed E-state index contributed by atoms with van der Waals surface area (Å²) in [5.74, 6) is 0.475. The number of methoxy groups -OCH3 is 1. The van der Waals surface area contributed by atoms with Crippen molar-refractivity contribution >= 4 is 46.9 Å². The molecule has 1 aliphatic rings. The summed E-state index contributed by atoms with van der Waals surface area (Å²) in [5, 5.41) is 3.57. The van der Waals surface area contributed by atoms with Gasteiger partial charge in [0.2, 0.25) is 0 Å². The molecule has 1 aliphatic heterocycles. The van der Waals surface area contributed by atoms with Gasteiger partial charge in [-0.3, -0.25) is 9.59 Å². The Bertz CT molecular complexity index is 1520. The van der Waals surface area contributed by atoms with Gasteiger partial charge in [0.1, 0.15) is 5.75 Å². The van der Waals surface area contributed by atoms with E-state index in [0.717, 1.165) is 33.0 Å². The molecule has 2 amide bonds. The smallest absolute Gasteiger partial charge is 0.265 e. The summed E-state index contributed by atoms with van der Waals surface area (Å²) in [6.45, 7) is 0.779. The number of nitrogens with one attached hydrogen (secondary N) is 1. The summed E-state index contributed by atoms with van der Waals surface area (Å²) in [7, 11) is 1.61. The number of para-hydroxylation sites is 2. The number of benzene rings is 4. The van der Waals surface area contributed by atoms with Gasteiger partial charge in [0.25, 0.3) is 11.8 Å². The molecule has 0 saturated carbocycles. The van der Waals surface area contributed by atoms with Crippen LogP contribution in [-0.2, 0) is 17.9 Å². The fourth-order valence-electron chi connectivity index (χ4n) is 4.25. The van der Waals surface area contributed by atoms with Gasteiger partial charge in [0.05, 0.1) is 24.2 Å². The van der Waals surface area contributed by atoms with E-state index in [1.54, 1.807) is 24.1 Å². The van der Waals surface area contributed by atoms with Gasteiger partial charge in [0, 0.05) is 27.6 Å². The zero-order chi connectivity index (χ0) is 26.5. The monoisotopic (exact) mass is 540 g/mol. The average Bonchev–Trinajstić information content (AvgIpc) is 2.94. The van der Waals surface area contributed by atoms with Crippen LogP contribution in [-0.4, -0.2) is 18.9 Å². The third-order valence-electron chi connectivity index (χ3n) is 6.16. The normalized spacial score (nSPS) is 13.8. The third-order valence-corrected chi connectivity index (χ3v) is 7.48. The fourth-order valence-corrected chi connectivity index (χ4v) is 5.52. The van der Waals surface area contributed by atoms with Crippen LogP contribution in [0.3, 0.4) is 0 Å². The second-order valence-corrected chi connectivity index (χ2v) is 10.2. The summed E-state index contributed by atoms with van der Waals surface area (Å²) < 4.78 is 5.35. The maximum absolute atomic E-state index is 13.6. The number of fused-ring (bicyclic) bond motifs is 1. The van der Waals surface area contributed by atoms with Crippen molar-refractivity contribution in [2.24, 2.45) is 0 Å². The van der Waals surface area contributed by atoms with Crippen LogP contribution in [0.25, 0.3) is 6.08 Å². The molecule has 5 nitrogen and oxygen atoms in total. The van der Waals surface area contributed by atoms with Crippen LogP contribution in [0.5, 0.6) is 5.75 Å². The van der Waals surface area contributed by atoms with Crippen molar-refractivity contribution in [3.8, 4) is 5.75 Å². The zero-order valence-corrected chi connectivity index (χ0v) is 22.3. The molecule has 4 aromatic carbocycles. The number of carbonyl (C=O) groups is 2. The van der Waals surface area contributed by atoms with E-state index in [1.165, 1.54) is 11.8 Å². The molecule has 0 fully saturated rings. The first-order valence-electron chi connectivity index (χ1n) is 12.1. The molecule has 0 radical (unpaired) electrons. The van der Waals surface area contributed by atoms with Gasteiger partial charge >= 0.3 is 0 Å². The van der Waals surface area contributed by atoms with Crippen LogP contribution in [0, 0.1) is 0 Å². The van der Waals surface area contributed by atoms with E-state index >= 15 is 0 Å². The summed E-state index contributed by atoms with van der Waals surface area (Å²) in [6.07, 6.45) is 1.87. The number of anilines is 1. The van der Waals surface area contributed by atoms with Gasteiger partial charge in [-0.1, -0.05) is 78.0 Å². The zero-order valence-electron chi connectivity index (χ0n) is 20.7. The van der Waals surface area contributed by atoms with Crippen molar-refractivity contribution in [3.63, 3.8) is 0 Å². The number of ether oxygens (including phenoxy) is 1. The van der Waals surface area contributed by atoms with Crippen molar-refractivity contribution in [2.75, 3.05) is 12.0 Å². The van der Waals surface area contributed by atoms with Crippen LogP contribution in [0.4, 0.5) is 5.69 Å². The number of hydrogen-bond donors (Lipinski definition) is 1. The molecule has 0 spiro atoms. The lowest BCUT2D eigenvalue weighted by atomic mass is 10.1. The number of rotatable bonds is 7. The Labute approximate surface area is 231 Å². The number of amides is 2. The summed E-state index contributed by atoms with van der Waals surface area (Å²) in [6, 6.07) is 30.2. The first-order chi connectivity index (χ1) is 18.5. The summed E-state index contributed by atoms with van der Waals surface area (Å²) in [5.41, 5.74) is 4.11. The van der Waals surface area contributed by atoms with Crippen molar-refractivity contribution in [2.45, 2.75) is 18.0 Å². The van der Waals surface area contributed by atoms with Gasteiger partial charge < -0.3 is 15.0 Å². The molecule has 1 heterocycles. The fraction of sp³-hybridized carbons (Fsp3) is 0.0968. The van der Waals surface area contributed by atoms with Crippen LogP contribution >= 0.6 is 23.4 Å². The maximum atomic E-state index is 13.6. The molecule has 5 rings (SSSR count). The molecule has 0 aliphatic carbocycles. The Hall–Kier alpha value is -4.00. The van der Waals surface area contributed by atoms with E-state index < -0.39 is 0 Å². The number of carbonyl (C=O) groups excluding carboxylic acids is 2. The third kappa shape index (κ3) is 5.77. The average molecular weight is 541 g/mol. The highest BCUT2D eigenvalue weighted by Crippen LogP contribution is 2.42. The molecule has 7 heteroatoms. The first-order valence-corrected chi connectivity index (χ1v) is 13.3. The highest BCUT2D eigenvalue weighted by molar-refractivity contribution is 8.04. The van der Waals surface area contributed by atoms with Gasteiger partial charge in [-0.2, -0.15) is 0 Å². The Kier molecular flexibility index (Phi) is 7.82. The molecular formula is C31H25ClN2O3S. The van der Waals surface area contributed by atoms with E-state index in [2.05, 4.69) is 5.32 Å². The highest BCUT2D eigenvalue weighted by Gasteiger charge is 2.29. The molecule has 38 heavy (non-hydrogen) atoms. The molecule has 190 valence electrons. The number of halogens is 1. The second kappa shape index (κ2) is 11.6. The van der Waals surface area contributed by atoms with Crippen LogP contribution < -0.4 is 15.0 Å². The van der Waals surface area contributed by atoms with Gasteiger partial charge in [-0.05, 0) is 59.7 Å². The van der Waals surface area contributed by atoms with Crippen molar-refractivity contribution in [3.05, 3.63) is 129 Å². The largest absolute Gasteiger partial charge is 0.496 e. The lowest BCUT2D eigenvalue weighted by Crippen LogP contribution is -2.33. The highest BCUT2D eigenvalue weighted by atomic mass is 35.5. The van der Waals surface area contributed by atoms with E-state index in [0.29, 0.717) is 28.6 Å². The van der Waals surface area contributed by atoms with Gasteiger partial charge in [0.15, 0.2) is 0 Å². The van der Waals surface area contributed by atoms with E-state index in [9.17, 15) is 9.59 Å². The van der Waals surface area contributed by atoms with Crippen LogP contribution in [0.2, 0.25) is 5.02 Å². The Morgan fingerprint density at radius 3 is 2.53 bits per heavy atom. The van der Waals surface area contributed by atoms with Gasteiger partial charge in [-0.25, -0.2) is 0 Å². The Morgan fingerprint density at radius 1 is 0.974 bits per heavy atom. The van der Waals surface area contributed by atoms with E-state index in [-0.39, 0.29) is 11.8 Å². The minimum Gasteiger partial charge on any atom is -0.496 e. The molecular weight excluding hydrogens is 516 g/mol. The first kappa shape index (κ1) is 25.6. The number of nitrogens with zero attached hydrogens (tertiary/aromatic N) is 1. The number of thioether (sulfide) groups is 1. The predicted octanol–water partition coefficient (Wildman–Crippen LogP) is 6.96. The summed E-state index contributed by atoms with van der Waals surface area (Å²) in [4.78, 5) is 29.7. The SMILES string of the molecule is COc1ccccc1CNC(=O)c1ccc(/C=C2/Sc3ccccc3N(Cc3cccc(Cl)c3)C2=O)cc1. The van der Waals surface area contributed by atoms with Gasteiger partial charge in [-0.15, -0.1) is 0 Å². The topological polar surface area (TPSA) is 58.6 Å². The summed E-state index contributed by atoms with van der Waals surface area (Å²) >= 11 is 7.63. The van der Waals surface area contributed by atoms with Crippen molar-refractivity contribution < 1.29 is 14.3 Å². The lowest BCUT2D eigenvalue weighted by Gasteiger charge is -2.30.